The average molecular weight is 268 g/mol. The third kappa shape index (κ3) is 3.31. The summed E-state index contributed by atoms with van der Waals surface area (Å²) < 4.78 is 5.42. The predicted molar refractivity (Wildman–Crippen MR) is 74.7 cm³/mol. The van der Waals surface area contributed by atoms with Crippen LogP contribution in [0.2, 0.25) is 0 Å². The minimum Gasteiger partial charge on any atom is -0.465 e. The van der Waals surface area contributed by atoms with Crippen molar-refractivity contribution in [2.75, 3.05) is 6.61 Å². The Kier molecular flexibility index (Phi) is 4.24. The molecule has 2 aliphatic rings. The highest BCUT2D eigenvalue weighted by Gasteiger charge is 2.46. The number of ether oxygens (including phenoxy) is 1. The van der Waals surface area contributed by atoms with Crippen LogP contribution in [0.15, 0.2) is 0 Å². The number of esters is 1. The fourth-order valence-corrected chi connectivity index (χ4v) is 3.61. The Morgan fingerprint density at radius 3 is 2.79 bits per heavy atom. The number of hydrogen-bond donors (Lipinski definition) is 1. The van der Waals surface area contributed by atoms with E-state index < -0.39 is 5.60 Å². The first-order chi connectivity index (χ1) is 8.86. The van der Waals surface area contributed by atoms with E-state index in [2.05, 4.69) is 0 Å². The highest BCUT2D eigenvalue weighted by molar-refractivity contribution is 5.75. The Bertz CT molecular complexity index is 337. The summed E-state index contributed by atoms with van der Waals surface area (Å²) in [7, 11) is 0. The fraction of sp³-hybridized carbons (Fsp3) is 0.938. The second-order valence-corrected chi connectivity index (χ2v) is 7.21. The van der Waals surface area contributed by atoms with Crippen molar-refractivity contribution in [2.45, 2.75) is 71.3 Å². The predicted octanol–water partition coefficient (Wildman–Crippen LogP) is 3.30. The summed E-state index contributed by atoms with van der Waals surface area (Å²) in [5, 5.41) is 10.4. The maximum atomic E-state index is 11.9. The number of rotatable bonds is 5. The normalized spacial score (nSPS) is 34.3. The van der Waals surface area contributed by atoms with Crippen molar-refractivity contribution in [1.82, 2.24) is 0 Å². The van der Waals surface area contributed by atoms with Gasteiger partial charge in [0.15, 0.2) is 0 Å². The molecule has 0 aromatic carbocycles. The monoisotopic (exact) mass is 268 g/mol. The quantitative estimate of drug-likeness (QED) is 0.778. The molecule has 2 saturated carbocycles. The van der Waals surface area contributed by atoms with Crippen LogP contribution in [-0.2, 0) is 9.53 Å². The number of hydrogen-bond acceptors (Lipinski definition) is 3. The van der Waals surface area contributed by atoms with Gasteiger partial charge in [-0.3, -0.25) is 4.79 Å². The molecule has 3 heteroatoms. The van der Waals surface area contributed by atoms with Gasteiger partial charge in [-0.1, -0.05) is 13.3 Å². The van der Waals surface area contributed by atoms with Crippen LogP contribution in [0, 0.1) is 17.3 Å². The topological polar surface area (TPSA) is 46.5 Å². The lowest BCUT2D eigenvalue weighted by Crippen LogP contribution is -2.27. The van der Waals surface area contributed by atoms with Gasteiger partial charge in [0, 0.05) is 0 Å². The van der Waals surface area contributed by atoms with Gasteiger partial charge in [-0.2, -0.15) is 0 Å². The van der Waals surface area contributed by atoms with Gasteiger partial charge in [0.2, 0.25) is 0 Å². The molecular weight excluding hydrogens is 240 g/mol. The molecule has 0 heterocycles. The maximum absolute atomic E-state index is 11.9. The van der Waals surface area contributed by atoms with E-state index in [9.17, 15) is 9.90 Å². The number of fused-ring (bicyclic) bond motifs is 2. The van der Waals surface area contributed by atoms with Crippen LogP contribution in [0.5, 0.6) is 0 Å². The standard InChI is InChI=1S/C16H28O3/c1-4-15(2,3)14(17)19-9-7-13-11-16(18)8-5-6-12(13)10-16/h12-13,18H,4-11H2,1-3H3. The molecule has 0 spiro atoms. The van der Waals surface area contributed by atoms with Crippen LogP contribution in [0.3, 0.4) is 0 Å². The summed E-state index contributed by atoms with van der Waals surface area (Å²) in [5.74, 6) is 1.11. The number of carbonyl (C=O) groups is 1. The molecule has 19 heavy (non-hydrogen) atoms. The summed E-state index contributed by atoms with van der Waals surface area (Å²) in [6.45, 7) is 6.39. The van der Waals surface area contributed by atoms with Crippen LogP contribution in [0.25, 0.3) is 0 Å². The molecule has 0 aromatic heterocycles. The Morgan fingerprint density at radius 1 is 1.42 bits per heavy atom. The summed E-state index contributed by atoms with van der Waals surface area (Å²) in [6.07, 6.45) is 6.94. The van der Waals surface area contributed by atoms with Crippen molar-refractivity contribution in [3.05, 3.63) is 0 Å². The van der Waals surface area contributed by atoms with E-state index in [-0.39, 0.29) is 11.4 Å². The van der Waals surface area contributed by atoms with Gasteiger partial charge < -0.3 is 9.84 Å². The third-order valence-corrected chi connectivity index (χ3v) is 5.33. The SMILES string of the molecule is CCC(C)(C)C(=O)OCCC1CC2(O)CCCC1C2. The van der Waals surface area contributed by atoms with Gasteiger partial charge in [-0.15, -0.1) is 0 Å². The van der Waals surface area contributed by atoms with Crippen molar-refractivity contribution in [1.29, 1.82) is 0 Å². The molecule has 0 aliphatic heterocycles. The largest absolute Gasteiger partial charge is 0.465 e. The minimum atomic E-state index is -0.402. The van der Waals surface area contributed by atoms with Crippen LogP contribution in [-0.4, -0.2) is 23.3 Å². The zero-order chi connectivity index (χ0) is 14.1. The molecule has 0 saturated heterocycles. The molecule has 2 rings (SSSR count). The minimum absolute atomic E-state index is 0.0883. The van der Waals surface area contributed by atoms with Gasteiger partial charge in [0.05, 0.1) is 17.6 Å². The second-order valence-electron chi connectivity index (χ2n) is 7.21. The van der Waals surface area contributed by atoms with E-state index in [0.717, 1.165) is 38.5 Å². The molecule has 110 valence electrons. The van der Waals surface area contributed by atoms with Crippen molar-refractivity contribution in [3.8, 4) is 0 Å². The zero-order valence-corrected chi connectivity index (χ0v) is 12.6. The summed E-state index contributed by atoms with van der Waals surface area (Å²) in [6, 6.07) is 0. The van der Waals surface area contributed by atoms with Crippen LogP contribution >= 0.6 is 0 Å². The molecular formula is C16H28O3. The van der Waals surface area contributed by atoms with Crippen molar-refractivity contribution in [2.24, 2.45) is 17.3 Å². The van der Waals surface area contributed by atoms with Gasteiger partial charge in [-0.25, -0.2) is 0 Å². The number of carbonyl (C=O) groups excluding carboxylic acids is 1. The van der Waals surface area contributed by atoms with Crippen molar-refractivity contribution >= 4 is 5.97 Å². The molecule has 3 nitrogen and oxygen atoms in total. The lowest BCUT2D eigenvalue weighted by atomic mass is 9.84. The van der Waals surface area contributed by atoms with Crippen LogP contribution in [0.1, 0.15) is 65.7 Å². The van der Waals surface area contributed by atoms with Gasteiger partial charge in [0.1, 0.15) is 0 Å². The van der Waals surface area contributed by atoms with E-state index in [1.54, 1.807) is 0 Å². The Morgan fingerprint density at radius 2 is 2.16 bits per heavy atom. The van der Waals surface area contributed by atoms with Gasteiger partial charge in [0.25, 0.3) is 0 Å². The first kappa shape index (κ1) is 14.8. The molecule has 2 aliphatic carbocycles. The fourth-order valence-electron chi connectivity index (χ4n) is 3.61. The summed E-state index contributed by atoms with van der Waals surface area (Å²) in [4.78, 5) is 11.9. The lowest BCUT2D eigenvalue weighted by molar-refractivity contribution is -0.154. The average Bonchev–Trinajstić information content (AvgIpc) is 2.58. The Hall–Kier alpha value is -0.570. The Labute approximate surface area is 116 Å². The second kappa shape index (κ2) is 5.43. The van der Waals surface area contributed by atoms with Crippen molar-refractivity contribution < 1.29 is 14.6 Å². The lowest BCUT2D eigenvalue weighted by Gasteiger charge is -2.27. The highest BCUT2D eigenvalue weighted by atomic mass is 16.5. The molecule has 0 amide bonds. The van der Waals surface area contributed by atoms with E-state index >= 15 is 0 Å². The summed E-state index contributed by atoms with van der Waals surface area (Å²) >= 11 is 0. The highest BCUT2D eigenvalue weighted by Crippen LogP contribution is 2.49. The number of aliphatic hydroxyl groups is 1. The molecule has 3 atom stereocenters. The van der Waals surface area contributed by atoms with Crippen LogP contribution in [0.4, 0.5) is 0 Å². The molecule has 2 fully saturated rings. The molecule has 0 aromatic rings. The molecule has 0 radical (unpaired) electrons. The molecule has 1 N–H and O–H groups in total. The first-order valence-electron chi connectivity index (χ1n) is 7.76. The van der Waals surface area contributed by atoms with E-state index in [1.807, 2.05) is 20.8 Å². The first-order valence-corrected chi connectivity index (χ1v) is 7.76. The Balaban J connectivity index is 1.76. The van der Waals surface area contributed by atoms with Crippen molar-refractivity contribution in [3.63, 3.8) is 0 Å². The van der Waals surface area contributed by atoms with E-state index in [1.165, 1.54) is 6.42 Å². The van der Waals surface area contributed by atoms with E-state index in [0.29, 0.717) is 18.4 Å². The van der Waals surface area contributed by atoms with Gasteiger partial charge >= 0.3 is 5.97 Å². The smallest absolute Gasteiger partial charge is 0.311 e. The third-order valence-electron chi connectivity index (χ3n) is 5.33. The summed E-state index contributed by atoms with van der Waals surface area (Å²) in [5.41, 5.74) is -0.774. The van der Waals surface area contributed by atoms with Crippen LogP contribution < -0.4 is 0 Å². The maximum Gasteiger partial charge on any atom is 0.311 e. The molecule has 3 unspecified atom stereocenters. The zero-order valence-electron chi connectivity index (χ0n) is 12.6. The molecule has 2 bridgehead atoms. The van der Waals surface area contributed by atoms with Gasteiger partial charge in [-0.05, 0) is 64.2 Å². The van der Waals surface area contributed by atoms with E-state index in [4.69, 9.17) is 4.74 Å².